The lowest BCUT2D eigenvalue weighted by Crippen LogP contribution is -2.52. The van der Waals surface area contributed by atoms with Gasteiger partial charge in [0.25, 0.3) is 0 Å². The van der Waals surface area contributed by atoms with Crippen molar-refractivity contribution in [2.75, 3.05) is 19.7 Å². The maximum absolute atomic E-state index is 12.6. The van der Waals surface area contributed by atoms with Crippen LogP contribution < -0.4 is 0 Å². The summed E-state index contributed by atoms with van der Waals surface area (Å²) in [5.74, 6) is -1.25. The zero-order valence-electron chi connectivity index (χ0n) is 11.1. The number of fused-ring (bicyclic) bond motifs is 2. The average Bonchev–Trinajstić information content (AvgIpc) is 3.04. The van der Waals surface area contributed by atoms with Gasteiger partial charge < -0.3 is 19.6 Å². The van der Waals surface area contributed by atoms with Crippen LogP contribution in [0.1, 0.15) is 19.3 Å². The van der Waals surface area contributed by atoms with E-state index in [1.807, 2.05) is 6.07 Å². The monoisotopic (exact) mass is 279 g/mol. The lowest BCUT2D eigenvalue weighted by molar-refractivity contribution is -0.142. The molecule has 4 atom stereocenters. The largest absolute Gasteiger partial charge is 0.481 e. The van der Waals surface area contributed by atoms with E-state index in [9.17, 15) is 14.7 Å². The summed E-state index contributed by atoms with van der Waals surface area (Å²) in [5.41, 5.74) is 0. The summed E-state index contributed by atoms with van der Waals surface area (Å²) in [6.45, 7) is 1.09. The molecule has 20 heavy (non-hydrogen) atoms. The van der Waals surface area contributed by atoms with Crippen LogP contribution in [0.25, 0.3) is 0 Å². The van der Waals surface area contributed by atoms with Gasteiger partial charge in [-0.25, -0.2) is 4.79 Å². The normalized spacial score (nSPS) is 36.0. The molecule has 0 radical (unpaired) electrons. The number of morpholine rings is 1. The fourth-order valence-electron chi connectivity index (χ4n) is 3.62. The van der Waals surface area contributed by atoms with Gasteiger partial charge in [-0.2, -0.15) is 5.26 Å². The van der Waals surface area contributed by atoms with Crippen molar-refractivity contribution in [3.63, 3.8) is 0 Å². The molecule has 0 aromatic carbocycles. The Hall–Kier alpha value is -1.81. The van der Waals surface area contributed by atoms with Gasteiger partial charge in [0.15, 0.2) is 6.10 Å². The van der Waals surface area contributed by atoms with Crippen LogP contribution >= 0.6 is 0 Å². The standard InChI is InChI=1S/C13H17N3O4/c14-6-9-7-15(3-4-20-9)13(19)16-8-1-2-11(16)10(5-8)12(17)18/h8-11H,1-5,7H2,(H,17,18). The number of rotatable bonds is 1. The van der Waals surface area contributed by atoms with Gasteiger partial charge in [0, 0.05) is 18.6 Å². The van der Waals surface area contributed by atoms with Crippen LogP contribution in [0.15, 0.2) is 0 Å². The van der Waals surface area contributed by atoms with Crippen molar-refractivity contribution in [2.24, 2.45) is 5.92 Å². The fourth-order valence-corrected chi connectivity index (χ4v) is 3.62. The molecule has 0 aliphatic carbocycles. The maximum atomic E-state index is 12.6. The van der Waals surface area contributed by atoms with Gasteiger partial charge in [-0.3, -0.25) is 4.79 Å². The van der Waals surface area contributed by atoms with Gasteiger partial charge in [0.1, 0.15) is 0 Å². The third-order valence-corrected chi connectivity index (χ3v) is 4.56. The molecule has 3 saturated heterocycles. The van der Waals surface area contributed by atoms with E-state index in [1.165, 1.54) is 0 Å². The summed E-state index contributed by atoms with van der Waals surface area (Å²) in [5, 5.41) is 18.1. The quantitative estimate of drug-likeness (QED) is 0.743. The predicted molar refractivity (Wildman–Crippen MR) is 66.7 cm³/mol. The van der Waals surface area contributed by atoms with Gasteiger partial charge in [0.2, 0.25) is 0 Å². The first-order valence-corrected chi connectivity index (χ1v) is 6.93. The second-order valence-corrected chi connectivity index (χ2v) is 5.60. The van der Waals surface area contributed by atoms with Crippen molar-refractivity contribution >= 4 is 12.0 Å². The number of amides is 2. The number of aliphatic carboxylic acids is 1. The van der Waals surface area contributed by atoms with Crippen molar-refractivity contribution in [3.05, 3.63) is 0 Å². The summed E-state index contributed by atoms with van der Waals surface area (Å²) in [7, 11) is 0. The second-order valence-electron chi connectivity index (χ2n) is 5.60. The number of carbonyl (C=O) groups excluding carboxylic acids is 1. The highest BCUT2D eigenvalue weighted by molar-refractivity contribution is 5.79. The lowest BCUT2D eigenvalue weighted by atomic mass is 9.89. The van der Waals surface area contributed by atoms with E-state index in [0.29, 0.717) is 19.6 Å². The third-order valence-electron chi connectivity index (χ3n) is 4.56. The molecule has 3 heterocycles. The van der Waals surface area contributed by atoms with E-state index in [4.69, 9.17) is 10.00 Å². The Kier molecular flexibility index (Phi) is 3.26. The molecule has 0 aromatic rings. The molecule has 7 heteroatoms. The average molecular weight is 279 g/mol. The van der Waals surface area contributed by atoms with Crippen LogP contribution in [-0.4, -0.2) is 64.8 Å². The second kappa shape index (κ2) is 4.94. The molecule has 0 spiro atoms. The minimum Gasteiger partial charge on any atom is -0.481 e. The smallest absolute Gasteiger partial charge is 0.320 e. The first kappa shape index (κ1) is 13.2. The highest BCUT2D eigenvalue weighted by Gasteiger charge is 2.52. The molecule has 2 amide bonds. The molecule has 3 aliphatic rings. The zero-order valence-corrected chi connectivity index (χ0v) is 11.1. The van der Waals surface area contributed by atoms with Crippen LogP contribution in [0.4, 0.5) is 4.79 Å². The number of carbonyl (C=O) groups is 2. The number of nitrogens with zero attached hydrogens (tertiary/aromatic N) is 3. The minimum absolute atomic E-state index is 0.0389. The summed E-state index contributed by atoms with van der Waals surface area (Å²) in [6, 6.07) is 1.73. The molecule has 3 fully saturated rings. The minimum atomic E-state index is -0.813. The third kappa shape index (κ3) is 2.00. The molecule has 1 N–H and O–H groups in total. The number of hydrogen-bond acceptors (Lipinski definition) is 4. The molecule has 2 bridgehead atoms. The number of hydrogen-bond donors (Lipinski definition) is 1. The summed E-state index contributed by atoms with van der Waals surface area (Å²) in [4.78, 5) is 27.2. The zero-order chi connectivity index (χ0) is 14.3. The molecule has 4 unspecified atom stereocenters. The topological polar surface area (TPSA) is 93.9 Å². The Bertz CT molecular complexity index is 475. The Morgan fingerprint density at radius 1 is 1.35 bits per heavy atom. The van der Waals surface area contributed by atoms with Crippen LogP contribution in [0.3, 0.4) is 0 Å². The highest BCUT2D eigenvalue weighted by Crippen LogP contribution is 2.42. The summed E-state index contributed by atoms with van der Waals surface area (Å²) >= 11 is 0. The lowest BCUT2D eigenvalue weighted by Gasteiger charge is -2.35. The van der Waals surface area contributed by atoms with E-state index >= 15 is 0 Å². The molecular weight excluding hydrogens is 262 g/mol. The molecule has 3 aliphatic heterocycles. The number of carboxylic acid groups (broad SMARTS) is 1. The van der Waals surface area contributed by atoms with Gasteiger partial charge in [0.05, 0.1) is 25.1 Å². The number of ether oxygens (including phenoxy) is 1. The Morgan fingerprint density at radius 2 is 2.15 bits per heavy atom. The van der Waals surface area contributed by atoms with Gasteiger partial charge >= 0.3 is 12.0 Å². The first-order chi connectivity index (χ1) is 9.61. The van der Waals surface area contributed by atoms with Crippen molar-refractivity contribution in [2.45, 2.75) is 37.5 Å². The first-order valence-electron chi connectivity index (χ1n) is 6.93. The van der Waals surface area contributed by atoms with E-state index < -0.39 is 18.0 Å². The number of carboxylic acids is 1. The van der Waals surface area contributed by atoms with Gasteiger partial charge in [-0.15, -0.1) is 0 Å². The van der Waals surface area contributed by atoms with Crippen LogP contribution in [0.5, 0.6) is 0 Å². The Morgan fingerprint density at radius 3 is 2.80 bits per heavy atom. The number of nitriles is 1. The van der Waals surface area contributed by atoms with Crippen molar-refractivity contribution in [3.8, 4) is 6.07 Å². The molecule has 0 saturated carbocycles. The number of urea groups is 1. The molecule has 108 valence electrons. The van der Waals surface area contributed by atoms with E-state index in [-0.39, 0.29) is 24.7 Å². The summed E-state index contributed by atoms with van der Waals surface area (Å²) < 4.78 is 5.23. The Balaban J connectivity index is 1.72. The van der Waals surface area contributed by atoms with Crippen LogP contribution in [0.2, 0.25) is 0 Å². The fraction of sp³-hybridized carbons (Fsp3) is 0.769. The van der Waals surface area contributed by atoms with E-state index in [0.717, 1.165) is 12.8 Å². The van der Waals surface area contributed by atoms with Crippen molar-refractivity contribution in [1.29, 1.82) is 5.26 Å². The van der Waals surface area contributed by atoms with Gasteiger partial charge in [-0.1, -0.05) is 0 Å². The van der Waals surface area contributed by atoms with Crippen LogP contribution in [-0.2, 0) is 9.53 Å². The molecule has 3 rings (SSSR count). The van der Waals surface area contributed by atoms with Crippen molar-refractivity contribution in [1.82, 2.24) is 9.80 Å². The Labute approximate surface area is 116 Å². The predicted octanol–water partition coefficient (Wildman–Crippen LogP) is 0.268. The summed E-state index contributed by atoms with van der Waals surface area (Å²) in [6.07, 6.45) is 1.62. The molecule has 7 nitrogen and oxygen atoms in total. The van der Waals surface area contributed by atoms with Crippen molar-refractivity contribution < 1.29 is 19.4 Å². The highest BCUT2D eigenvalue weighted by atomic mass is 16.5. The SMILES string of the molecule is N#CC1CN(C(=O)N2C3CCC2C(C(=O)O)C3)CCO1. The molecular formula is C13H17N3O4. The molecule has 0 aromatic heterocycles. The maximum Gasteiger partial charge on any atom is 0.320 e. The van der Waals surface area contributed by atoms with E-state index in [2.05, 4.69) is 0 Å². The van der Waals surface area contributed by atoms with Gasteiger partial charge in [-0.05, 0) is 19.3 Å². The van der Waals surface area contributed by atoms with E-state index in [1.54, 1.807) is 9.80 Å². The van der Waals surface area contributed by atoms with Crippen LogP contribution in [0, 0.1) is 17.2 Å².